The third-order valence-corrected chi connectivity index (χ3v) is 11.6. The summed E-state index contributed by atoms with van der Waals surface area (Å²) in [6.45, 7) is 10.6. The first-order valence-electron chi connectivity index (χ1n) is 10.2. The fourth-order valence-electron chi connectivity index (χ4n) is 5.74. The second-order valence-electron chi connectivity index (χ2n) is 8.84. The van der Waals surface area contributed by atoms with E-state index < -0.39 is 8.24 Å². The van der Waals surface area contributed by atoms with E-state index in [4.69, 9.17) is 4.74 Å². The minimum atomic E-state index is -1.58. The van der Waals surface area contributed by atoms with Gasteiger partial charge in [0.1, 0.15) is 14.0 Å². The van der Waals surface area contributed by atoms with Crippen molar-refractivity contribution >= 4 is 13.8 Å². The van der Waals surface area contributed by atoms with Gasteiger partial charge in [-0.05, 0) is 53.0 Å². The van der Waals surface area contributed by atoms with Crippen LogP contribution in [-0.4, -0.2) is 39.9 Å². The molecule has 0 bridgehead atoms. The number of hydrogen-bond donors (Lipinski definition) is 2. The van der Waals surface area contributed by atoms with Gasteiger partial charge < -0.3 is 4.74 Å². The van der Waals surface area contributed by atoms with E-state index in [0.717, 1.165) is 37.2 Å². The second-order valence-corrected chi connectivity index (χ2v) is 13.5. The fourth-order valence-corrected chi connectivity index (χ4v) is 10.0. The Balaban J connectivity index is 1.60. The molecule has 0 radical (unpaired) electrons. The Labute approximate surface area is 164 Å². The zero-order valence-corrected chi connectivity index (χ0v) is 18.0. The molecule has 1 aromatic carbocycles. The molecule has 4 unspecified atom stereocenters. The lowest BCUT2D eigenvalue weighted by Gasteiger charge is -2.47. The van der Waals surface area contributed by atoms with Crippen LogP contribution in [0.5, 0.6) is 5.75 Å². The molecular weight excluding hydrogens is 350 g/mol. The molecular formula is C22H33N3OSi. The van der Waals surface area contributed by atoms with E-state index in [1.165, 1.54) is 17.6 Å². The van der Waals surface area contributed by atoms with Gasteiger partial charge in [0.2, 0.25) is 0 Å². The topological polar surface area (TPSA) is 36.5 Å². The highest BCUT2D eigenvalue weighted by Crippen LogP contribution is 2.56. The summed E-state index contributed by atoms with van der Waals surface area (Å²) in [7, 11) is 0.154. The molecule has 0 amide bonds. The van der Waals surface area contributed by atoms with Crippen molar-refractivity contribution in [2.75, 3.05) is 27.1 Å². The number of allylic oxidation sites excluding steroid dienone is 4. The summed E-state index contributed by atoms with van der Waals surface area (Å²) in [6.07, 6.45) is 8.45. The molecule has 4 nitrogen and oxygen atoms in total. The number of hydrogen-bond acceptors (Lipinski definition) is 4. The lowest BCUT2D eigenvalue weighted by Crippen LogP contribution is -2.63. The van der Waals surface area contributed by atoms with Gasteiger partial charge in [0.15, 0.2) is 0 Å². The molecule has 3 aliphatic rings. The van der Waals surface area contributed by atoms with Gasteiger partial charge in [-0.3, -0.25) is 15.2 Å². The molecule has 1 saturated heterocycles. The number of fused-ring (bicyclic) bond motifs is 1. The normalized spacial score (nSPS) is 31.5. The molecule has 2 N–H and O–H groups in total. The lowest BCUT2D eigenvalue weighted by atomic mass is 9.81. The minimum absolute atomic E-state index is 0.640. The van der Waals surface area contributed by atoms with E-state index in [1.807, 2.05) is 0 Å². The number of ether oxygens (including phenoxy) is 1. The number of nitrogens with one attached hydrogen (secondary N) is 2. The number of nitrogens with zero attached hydrogens (tertiary/aromatic N) is 1. The summed E-state index contributed by atoms with van der Waals surface area (Å²) in [5.41, 5.74) is 3.64. The molecule has 4 rings (SSSR count). The Morgan fingerprint density at radius 2 is 1.81 bits per heavy atom. The highest BCUT2D eigenvalue weighted by Gasteiger charge is 2.52. The van der Waals surface area contributed by atoms with Crippen molar-refractivity contribution in [1.29, 1.82) is 0 Å². The highest BCUT2D eigenvalue weighted by molar-refractivity contribution is 6.76. The summed E-state index contributed by atoms with van der Waals surface area (Å²) < 4.78 is 8.05. The Bertz CT molecular complexity index is 722. The highest BCUT2D eigenvalue weighted by atomic mass is 28.3. The van der Waals surface area contributed by atoms with Crippen LogP contribution in [0.2, 0.25) is 18.6 Å². The van der Waals surface area contributed by atoms with E-state index >= 15 is 0 Å². The van der Waals surface area contributed by atoms with Crippen LogP contribution in [0, 0.1) is 17.8 Å². The van der Waals surface area contributed by atoms with E-state index in [0.29, 0.717) is 11.8 Å². The molecule has 27 heavy (non-hydrogen) atoms. The molecule has 146 valence electrons. The van der Waals surface area contributed by atoms with Gasteiger partial charge in [0.05, 0.1) is 7.11 Å². The van der Waals surface area contributed by atoms with Crippen LogP contribution in [-0.2, 0) is 0 Å². The van der Waals surface area contributed by atoms with E-state index in [1.54, 1.807) is 7.11 Å². The minimum Gasteiger partial charge on any atom is -0.497 e. The van der Waals surface area contributed by atoms with Crippen molar-refractivity contribution in [1.82, 2.24) is 15.2 Å². The van der Waals surface area contributed by atoms with Crippen LogP contribution >= 0.6 is 0 Å². The molecule has 4 atom stereocenters. The van der Waals surface area contributed by atoms with Gasteiger partial charge >= 0.3 is 0 Å². The molecule has 0 spiro atoms. The van der Waals surface area contributed by atoms with Gasteiger partial charge in [-0.1, -0.05) is 50.4 Å². The van der Waals surface area contributed by atoms with Crippen LogP contribution in [0.15, 0.2) is 42.5 Å². The predicted octanol–water partition coefficient (Wildman–Crippen LogP) is 3.86. The van der Waals surface area contributed by atoms with Crippen molar-refractivity contribution < 1.29 is 4.74 Å². The van der Waals surface area contributed by atoms with E-state index in [2.05, 4.69) is 77.7 Å². The van der Waals surface area contributed by atoms with Gasteiger partial charge in [-0.2, -0.15) is 0 Å². The smallest absolute Gasteiger partial charge is 0.129 e. The maximum Gasteiger partial charge on any atom is 0.129 e. The number of methoxy groups -OCH3 is 1. The Kier molecular flexibility index (Phi) is 5.29. The summed E-state index contributed by atoms with van der Waals surface area (Å²) in [5, 5.41) is 7.01. The van der Waals surface area contributed by atoms with Gasteiger partial charge in [-0.25, -0.2) is 0 Å². The molecule has 0 aromatic heterocycles. The SMILES string of the molecule is COc1ccc(C2=CC=CC3C2CC(C)C3[Si](C)(C)N2CNCNC2)cc1. The molecule has 1 heterocycles. The third kappa shape index (κ3) is 3.42. The molecule has 5 heteroatoms. The average Bonchev–Trinajstić information content (AvgIpc) is 3.05. The van der Waals surface area contributed by atoms with Gasteiger partial charge in [0.25, 0.3) is 0 Å². The second kappa shape index (κ2) is 7.55. The predicted molar refractivity (Wildman–Crippen MR) is 115 cm³/mol. The van der Waals surface area contributed by atoms with Crippen molar-refractivity contribution in [3.8, 4) is 5.75 Å². The quantitative estimate of drug-likeness (QED) is 0.774. The zero-order chi connectivity index (χ0) is 19.0. The lowest BCUT2D eigenvalue weighted by molar-refractivity contribution is 0.280. The van der Waals surface area contributed by atoms with Crippen LogP contribution in [0.1, 0.15) is 18.9 Å². The Hall–Kier alpha value is -1.40. The summed E-state index contributed by atoms with van der Waals surface area (Å²) in [6, 6.07) is 8.62. The Morgan fingerprint density at radius 3 is 2.48 bits per heavy atom. The first-order valence-corrected chi connectivity index (χ1v) is 13.2. The molecule has 1 saturated carbocycles. The van der Waals surface area contributed by atoms with Crippen molar-refractivity contribution in [2.45, 2.75) is 32.0 Å². The van der Waals surface area contributed by atoms with Crippen molar-refractivity contribution in [2.24, 2.45) is 17.8 Å². The number of rotatable bonds is 4. The van der Waals surface area contributed by atoms with Crippen molar-refractivity contribution in [3.05, 3.63) is 48.1 Å². The van der Waals surface area contributed by atoms with Crippen LogP contribution in [0.4, 0.5) is 0 Å². The molecule has 1 aliphatic heterocycles. The fraction of sp³-hybridized carbons (Fsp3) is 0.545. The zero-order valence-electron chi connectivity index (χ0n) is 17.0. The van der Waals surface area contributed by atoms with Crippen LogP contribution in [0.25, 0.3) is 5.57 Å². The first kappa shape index (κ1) is 18.9. The summed E-state index contributed by atoms with van der Waals surface area (Å²) in [4.78, 5) is 0. The van der Waals surface area contributed by atoms with E-state index in [-0.39, 0.29) is 0 Å². The maximum atomic E-state index is 5.34. The monoisotopic (exact) mass is 383 g/mol. The largest absolute Gasteiger partial charge is 0.497 e. The first-order chi connectivity index (χ1) is 13.0. The average molecular weight is 384 g/mol. The van der Waals surface area contributed by atoms with Gasteiger partial charge in [-0.15, -0.1) is 0 Å². The molecule has 2 fully saturated rings. The number of benzene rings is 1. The summed E-state index contributed by atoms with van der Waals surface area (Å²) in [5.74, 6) is 2.98. The van der Waals surface area contributed by atoms with Gasteiger partial charge in [0, 0.05) is 20.0 Å². The summed E-state index contributed by atoms with van der Waals surface area (Å²) >= 11 is 0. The van der Waals surface area contributed by atoms with Crippen LogP contribution < -0.4 is 15.4 Å². The van der Waals surface area contributed by atoms with Crippen LogP contribution in [0.3, 0.4) is 0 Å². The standard InChI is InChI=1S/C22H33N3OSi/c1-16-12-21-19(17-8-10-18(26-2)11-9-17)6-5-7-20(21)22(16)27(3,4)25-14-23-13-24-15-25/h5-11,16,20-24H,12-15H2,1-4H3. The molecule has 1 aromatic rings. The third-order valence-electron chi connectivity index (χ3n) is 7.04. The van der Waals surface area contributed by atoms with Crippen molar-refractivity contribution in [3.63, 3.8) is 0 Å². The molecule has 2 aliphatic carbocycles. The maximum absolute atomic E-state index is 5.34. The van der Waals surface area contributed by atoms with E-state index in [9.17, 15) is 0 Å². The Morgan fingerprint density at radius 1 is 1.11 bits per heavy atom.